The van der Waals surface area contributed by atoms with Gasteiger partial charge in [-0.15, -0.1) is 0 Å². The van der Waals surface area contributed by atoms with Gasteiger partial charge >= 0.3 is 0 Å². The van der Waals surface area contributed by atoms with Crippen LogP contribution in [0, 0.1) is 23.7 Å². The predicted molar refractivity (Wildman–Crippen MR) is 83.9 cm³/mol. The monoisotopic (exact) mass is 281 g/mol. The summed E-state index contributed by atoms with van der Waals surface area (Å²) in [5.41, 5.74) is 1.01. The summed E-state index contributed by atoms with van der Waals surface area (Å²) < 4.78 is 5.95. The summed E-state index contributed by atoms with van der Waals surface area (Å²) >= 11 is 0. The minimum Gasteiger partial charge on any atom is -0.460 e. The molecule has 4 aliphatic carbocycles. The summed E-state index contributed by atoms with van der Waals surface area (Å²) in [7, 11) is 0. The molecule has 4 bridgehead atoms. The van der Waals surface area contributed by atoms with Crippen molar-refractivity contribution >= 4 is 11.0 Å². The molecule has 4 saturated carbocycles. The Bertz CT molecular complexity index is 597. The van der Waals surface area contributed by atoms with Gasteiger partial charge in [-0.05, 0) is 67.9 Å². The lowest BCUT2D eigenvalue weighted by atomic mass is 9.54. The van der Waals surface area contributed by atoms with E-state index in [4.69, 9.17) is 4.42 Å². The van der Waals surface area contributed by atoms with Gasteiger partial charge in [-0.2, -0.15) is 0 Å². The third-order valence-electron chi connectivity index (χ3n) is 6.22. The van der Waals surface area contributed by atoms with E-state index in [1.54, 1.807) is 0 Å². The minimum atomic E-state index is 0.742. The average Bonchev–Trinajstić information content (AvgIpc) is 2.88. The maximum absolute atomic E-state index is 5.95. The molecule has 0 unspecified atom stereocenters. The van der Waals surface area contributed by atoms with Gasteiger partial charge in [0.15, 0.2) is 0 Å². The predicted octanol–water partition coefficient (Wildman–Crippen LogP) is 4.35. The van der Waals surface area contributed by atoms with Crippen LogP contribution in [0.3, 0.4) is 0 Å². The van der Waals surface area contributed by atoms with Gasteiger partial charge in [-0.1, -0.05) is 18.2 Å². The molecule has 1 heterocycles. The summed E-state index contributed by atoms with van der Waals surface area (Å²) in [6, 6.07) is 11.2. The second-order valence-electron chi connectivity index (χ2n) is 7.59. The van der Waals surface area contributed by atoms with Gasteiger partial charge in [-0.3, -0.25) is 0 Å². The molecule has 0 radical (unpaired) electrons. The van der Waals surface area contributed by atoms with Gasteiger partial charge in [0.1, 0.15) is 11.3 Å². The number of furan rings is 1. The lowest BCUT2D eigenvalue weighted by molar-refractivity contribution is -0.0147. The molecule has 0 amide bonds. The first-order valence-electron chi connectivity index (χ1n) is 8.56. The van der Waals surface area contributed by atoms with Crippen LogP contribution in [0.1, 0.15) is 37.9 Å². The van der Waals surface area contributed by atoms with E-state index in [1.165, 1.54) is 37.5 Å². The molecule has 6 rings (SSSR count). The second-order valence-corrected chi connectivity index (χ2v) is 7.59. The van der Waals surface area contributed by atoms with Crippen LogP contribution in [-0.2, 0) is 6.54 Å². The molecule has 0 aliphatic heterocycles. The van der Waals surface area contributed by atoms with Gasteiger partial charge in [0.05, 0.1) is 6.54 Å². The SMILES string of the molecule is c1ccc2oc(CNC3C4CC5CC(C4)CC3C5)cc2c1. The van der Waals surface area contributed by atoms with Crippen LogP contribution >= 0.6 is 0 Å². The zero-order chi connectivity index (χ0) is 13.8. The van der Waals surface area contributed by atoms with Crippen molar-refractivity contribution in [2.75, 3.05) is 0 Å². The highest BCUT2D eigenvalue weighted by Crippen LogP contribution is 2.53. The van der Waals surface area contributed by atoms with Crippen LogP contribution in [-0.4, -0.2) is 6.04 Å². The molecule has 1 aromatic heterocycles. The van der Waals surface area contributed by atoms with Crippen LogP contribution in [0.25, 0.3) is 11.0 Å². The Labute approximate surface area is 125 Å². The molecule has 2 nitrogen and oxygen atoms in total. The van der Waals surface area contributed by atoms with Crippen molar-refractivity contribution in [1.29, 1.82) is 0 Å². The molecule has 2 aromatic rings. The normalized spacial score (nSPS) is 37.4. The van der Waals surface area contributed by atoms with Gasteiger partial charge in [0.25, 0.3) is 0 Å². The van der Waals surface area contributed by atoms with Crippen LogP contribution in [0.4, 0.5) is 0 Å². The highest BCUT2D eigenvalue weighted by atomic mass is 16.3. The molecule has 4 fully saturated rings. The zero-order valence-electron chi connectivity index (χ0n) is 12.4. The van der Waals surface area contributed by atoms with Gasteiger partial charge in [0, 0.05) is 11.4 Å². The fraction of sp³-hybridized carbons (Fsp3) is 0.579. The molecule has 1 aromatic carbocycles. The Morgan fingerprint density at radius 1 is 0.952 bits per heavy atom. The molecule has 0 saturated heterocycles. The van der Waals surface area contributed by atoms with Crippen molar-refractivity contribution in [3.05, 3.63) is 36.1 Å². The molecule has 4 aliphatic rings. The third-order valence-corrected chi connectivity index (χ3v) is 6.22. The molecule has 0 atom stereocenters. The molecule has 2 heteroatoms. The minimum absolute atomic E-state index is 0.742. The molecular formula is C19H23NO. The van der Waals surface area contributed by atoms with E-state index < -0.39 is 0 Å². The lowest BCUT2D eigenvalue weighted by Gasteiger charge is -2.54. The Balaban J connectivity index is 1.32. The summed E-state index contributed by atoms with van der Waals surface area (Å²) in [6.07, 6.45) is 7.44. The quantitative estimate of drug-likeness (QED) is 0.905. The second kappa shape index (κ2) is 4.61. The van der Waals surface area contributed by atoms with Gasteiger partial charge in [-0.25, -0.2) is 0 Å². The fourth-order valence-corrected chi connectivity index (χ4v) is 5.60. The Kier molecular flexibility index (Phi) is 2.69. The first-order chi connectivity index (χ1) is 10.3. The highest BCUT2D eigenvalue weighted by Gasteiger charge is 2.47. The zero-order valence-corrected chi connectivity index (χ0v) is 12.4. The smallest absolute Gasteiger partial charge is 0.134 e. The number of fused-ring (bicyclic) bond motifs is 1. The lowest BCUT2D eigenvalue weighted by Crippen LogP contribution is -2.54. The number of nitrogens with one attached hydrogen (secondary N) is 1. The van der Waals surface area contributed by atoms with Crippen LogP contribution in [0.5, 0.6) is 0 Å². The molecule has 21 heavy (non-hydrogen) atoms. The Morgan fingerprint density at radius 2 is 1.67 bits per heavy atom. The van der Waals surface area contributed by atoms with Crippen molar-refractivity contribution in [3.63, 3.8) is 0 Å². The van der Waals surface area contributed by atoms with E-state index in [-0.39, 0.29) is 0 Å². The van der Waals surface area contributed by atoms with Gasteiger partial charge < -0.3 is 9.73 Å². The number of para-hydroxylation sites is 1. The van der Waals surface area contributed by atoms with Crippen LogP contribution in [0.15, 0.2) is 34.7 Å². The largest absolute Gasteiger partial charge is 0.460 e. The van der Waals surface area contributed by atoms with Crippen LogP contribution < -0.4 is 5.32 Å². The summed E-state index contributed by atoms with van der Waals surface area (Å²) in [6.45, 7) is 0.891. The maximum Gasteiger partial charge on any atom is 0.134 e. The van der Waals surface area contributed by atoms with E-state index in [9.17, 15) is 0 Å². The molecule has 1 N–H and O–H groups in total. The van der Waals surface area contributed by atoms with Crippen molar-refractivity contribution in [2.45, 2.75) is 44.7 Å². The number of benzene rings is 1. The number of hydrogen-bond donors (Lipinski definition) is 1. The van der Waals surface area contributed by atoms with Crippen molar-refractivity contribution < 1.29 is 4.42 Å². The standard InChI is InChI=1S/C19H23NO/c1-2-4-18-14(3-1)10-17(21-18)11-20-19-15-6-12-5-13(8-15)9-16(19)7-12/h1-4,10,12-13,15-16,19-20H,5-9,11H2. The molecule has 110 valence electrons. The summed E-state index contributed by atoms with van der Waals surface area (Å²) in [5.74, 6) is 5.06. The first kappa shape index (κ1) is 12.3. The Hall–Kier alpha value is -1.28. The first-order valence-corrected chi connectivity index (χ1v) is 8.56. The topological polar surface area (TPSA) is 25.2 Å². The molecule has 0 spiro atoms. The fourth-order valence-electron chi connectivity index (χ4n) is 5.60. The molecular weight excluding hydrogens is 258 g/mol. The number of rotatable bonds is 3. The van der Waals surface area contributed by atoms with E-state index in [0.717, 1.165) is 47.6 Å². The Morgan fingerprint density at radius 3 is 2.38 bits per heavy atom. The van der Waals surface area contributed by atoms with Crippen molar-refractivity contribution in [1.82, 2.24) is 5.32 Å². The van der Waals surface area contributed by atoms with Crippen molar-refractivity contribution in [2.24, 2.45) is 23.7 Å². The third kappa shape index (κ3) is 2.03. The van der Waals surface area contributed by atoms with E-state index in [1.807, 2.05) is 6.07 Å². The van der Waals surface area contributed by atoms with Crippen molar-refractivity contribution in [3.8, 4) is 0 Å². The number of hydrogen-bond acceptors (Lipinski definition) is 2. The van der Waals surface area contributed by atoms with E-state index in [0.29, 0.717) is 0 Å². The van der Waals surface area contributed by atoms with E-state index in [2.05, 4.69) is 29.6 Å². The maximum atomic E-state index is 5.95. The average molecular weight is 281 g/mol. The van der Waals surface area contributed by atoms with Crippen LogP contribution in [0.2, 0.25) is 0 Å². The highest BCUT2D eigenvalue weighted by molar-refractivity contribution is 5.77. The summed E-state index contributed by atoms with van der Waals surface area (Å²) in [4.78, 5) is 0. The van der Waals surface area contributed by atoms with Gasteiger partial charge in [0.2, 0.25) is 0 Å². The summed E-state index contributed by atoms with van der Waals surface area (Å²) in [5, 5.41) is 5.07. The van der Waals surface area contributed by atoms with E-state index >= 15 is 0 Å².